The standard InChI is InChI=1S/C8H16N2O/c1-8(2)4-3-5-10(6-8)7(9)11/h3-6H2,1-2H3,(H2,9,11). The highest BCUT2D eigenvalue weighted by molar-refractivity contribution is 5.72. The monoisotopic (exact) mass is 156 g/mol. The lowest BCUT2D eigenvalue weighted by atomic mass is 9.84. The van der Waals surface area contributed by atoms with E-state index in [2.05, 4.69) is 13.8 Å². The summed E-state index contributed by atoms with van der Waals surface area (Å²) in [7, 11) is 0. The first-order chi connectivity index (χ1) is 5.01. The maximum absolute atomic E-state index is 10.8. The van der Waals surface area contributed by atoms with Crippen LogP contribution in [0.5, 0.6) is 0 Å². The van der Waals surface area contributed by atoms with Crippen LogP contribution < -0.4 is 5.73 Å². The minimum Gasteiger partial charge on any atom is -0.351 e. The van der Waals surface area contributed by atoms with E-state index in [9.17, 15) is 4.79 Å². The van der Waals surface area contributed by atoms with Gasteiger partial charge in [0.2, 0.25) is 0 Å². The molecule has 0 saturated carbocycles. The first-order valence-electron chi connectivity index (χ1n) is 4.06. The van der Waals surface area contributed by atoms with Gasteiger partial charge in [0.15, 0.2) is 0 Å². The normalized spacial score (nSPS) is 23.3. The molecule has 0 aromatic rings. The van der Waals surface area contributed by atoms with Gasteiger partial charge in [-0.1, -0.05) is 13.8 Å². The molecule has 0 aromatic carbocycles. The zero-order valence-corrected chi connectivity index (χ0v) is 7.26. The van der Waals surface area contributed by atoms with Gasteiger partial charge in [-0.2, -0.15) is 0 Å². The molecule has 0 unspecified atom stereocenters. The number of carbonyl (C=O) groups excluding carboxylic acids is 1. The van der Waals surface area contributed by atoms with Crippen LogP contribution in [0, 0.1) is 5.41 Å². The fourth-order valence-corrected chi connectivity index (χ4v) is 1.61. The predicted molar refractivity (Wildman–Crippen MR) is 44.2 cm³/mol. The Labute approximate surface area is 67.5 Å². The highest BCUT2D eigenvalue weighted by atomic mass is 16.2. The summed E-state index contributed by atoms with van der Waals surface area (Å²) in [5, 5.41) is 0. The summed E-state index contributed by atoms with van der Waals surface area (Å²) in [6.07, 6.45) is 2.27. The van der Waals surface area contributed by atoms with E-state index in [1.54, 1.807) is 4.90 Å². The molecule has 1 rings (SSSR count). The molecule has 0 aromatic heterocycles. The van der Waals surface area contributed by atoms with Crippen LogP contribution in [0.25, 0.3) is 0 Å². The second kappa shape index (κ2) is 2.72. The number of hydrogen-bond acceptors (Lipinski definition) is 1. The number of urea groups is 1. The molecule has 1 heterocycles. The molecule has 0 atom stereocenters. The van der Waals surface area contributed by atoms with Crippen LogP contribution in [0.2, 0.25) is 0 Å². The SMILES string of the molecule is CC1(C)CCCN(C(N)=O)C1. The number of nitrogens with zero attached hydrogens (tertiary/aromatic N) is 1. The van der Waals surface area contributed by atoms with Crippen molar-refractivity contribution >= 4 is 6.03 Å². The average Bonchev–Trinajstić information content (AvgIpc) is 1.85. The highest BCUT2D eigenvalue weighted by Crippen LogP contribution is 2.27. The predicted octanol–water partition coefficient (Wildman–Crippen LogP) is 1.19. The quantitative estimate of drug-likeness (QED) is 0.562. The maximum Gasteiger partial charge on any atom is 0.314 e. The number of amides is 2. The van der Waals surface area contributed by atoms with Crippen molar-refractivity contribution in [3.63, 3.8) is 0 Å². The summed E-state index contributed by atoms with van der Waals surface area (Å²) < 4.78 is 0. The summed E-state index contributed by atoms with van der Waals surface area (Å²) >= 11 is 0. The van der Waals surface area contributed by atoms with Gasteiger partial charge >= 0.3 is 6.03 Å². The molecule has 64 valence electrons. The fourth-order valence-electron chi connectivity index (χ4n) is 1.61. The smallest absolute Gasteiger partial charge is 0.314 e. The highest BCUT2D eigenvalue weighted by Gasteiger charge is 2.27. The molecule has 0 aliphatic carbocycles. The van der Waals surface area contributed by atoms with Gasteiger partial charge in [0.25, 0.3) is 0 Å². The molecule has 0 bridgehead atoms. The Morgan fingerprint density at radius 3 is 2.55 bits per heavy atom. The first kappa shape index (κ1) is 8.37. The lowest BCUT2D eigenvalue weighted by molar-refractivity contribution is 0.135. The van der Waals surface area contributed by atoms with E-state index in [1.165, 1.54) is 6.42 Å². The fraction of sp³-hybridized carbons (Fsp3) is 0.875. The molecule has 2 N–H and O–H groups in total. The Hall–Kier alpha value is -0.730. The first-order valence-corrected chi connectivity index (χ1v) is 4.06. The Kier molecular flexibility index (Phi) is 2.07. The molecule has 1 saturated heterocycles. The lowest BCUT2D eigenvalue weighted by Gasteiger charge is -2.36. The van der Waals surface area contributed by atoms with Crippen molar-refractivity contribution in [2.24, 2.45) is 11.1 Å². The van der Waals surface area contributed by atoms with Gasteiger partial charge in [0.05, 0.1) is 0 Å². The van der Waals surface area contributed by atoms with Crippen molar-refractivity contribution in [3.05, 3.63) is 0 Å². The number of likely N-dealkylation sites (tertiary alicyclic amines) is 1. The van der Waals surface area contributed by atoms with Crippen LogP contribution in [0.4, 0.5) is 4.79 Å². The molecule has 2 amide bonds. The summed E-state index contributed by atoms with van der Waals surface area (Å²) in [6, 6.07) is -0.280. The van der Waals surface area contributed by atoms with Crippen molar-refractivity contribution in [1.29, 1.82) is 0 Å². The van der Waals surface area contributed by atoms with Gasteiger partial charge in [-0.3, -0.25) is 0 Å². The van der Waals surface area contributed by atoms with Crippen molar-refractivity contribution < 1.29 is 4.79 Å². The van der Waals surface area contributed by atoms with E-state index in [4.69, 9.17) is 5.73 Å². The van der Waals surface area contributed by atoms with Crippen LogP contribution in [-0.4, -0.2) is 24.0 Å². The van der Waals surface area contributed by atoms with Crippen LogP contribution in [0.15, 0.2) is 0 Å². The number of carbonyl (C=O) groups is 1. The summed E-state index contributed by atoms with van der Waals surface area (Å²) in [4.78, 5) is 12.5. The van der Waals surface area contributed by atoms with Gasteiger partial charge in [-0.05, 0) is 18.3 Å². The third kappa shape index (κ3) is 2.10. The minimum absolute atomic E-state index is 0.257. The van der Waals surface area contributed by atoms with E-state index in [1.807, 2.05) is 0 Å². The molecular weight excluding hydrogens is 140 g/mol. The molecule has 1 fully saturated rings. The number of rotatable bonds is 0. The molecule has 1 aliphatic heterocycles. The summed E-state index contributed by atoms with van der Waals surface area (Å²) in [5.41, 5.74) is 5.43. The molecule has 3 nitrogen and oxygen atoms in total. The Morgan fingerprint density at radius 1 is 1.55 bits per heavy atom. The minimum atomic E-state index is -0.280. The third-order valence-corrected chi connectivity index (χ3v) is 2.21. The molecule has 11 heavy (non-hydrogen) atoms. The number of piperidine rings is 1. The summed E-state index contributed by atoms with van der Waals surface area (Å²) in [6.45, 7) is 5.98. The number of hydrogen-bond donors (Lipinski definition) is 1. The Balaban J connectivity index is 2.53. The number of primary amides is 1. The largest absolute Gasteiger partial charge is 0.351 e. The second-order valence-electron chi connectivity index (χ2n) is 4.03. The molecular formula is C8H16N2O. The van der Waals surface area contributed by atoms with Crippen LogP contribution in [-0.2, 0) is 0 Å². The van der Waals surface area contributed by atoms with Crippen LogP contribution in [0.1, 0.15) is 26.7 Å². The number of nitrogens with two attached hydrogens (primary N) is 1. The van der Waals surface area contributed by atoms with Crippen molar-refractivity contribution in [2.45, 2.75) is 26.7 Å². The van der Waals surface area contributed by atoms with Crippen LogP contribution in [0.3, 0.4) is 0 Å². The van der Waals surface area contributed by atoms with E-state index in [-0.39, 0.29) is 11.4 Å². The van der Waals surface area contributed by atoms with Gasteiger partial charge in [-0.25, -0.2) is 4.79 Å². The third-order valence-electron chi connectivity index (χ3n) is 2.21. The van der Waals surface area contributed by atoms with Gasteiger partial charge in [0.1, 0.15) is 0 Å². The average molecular weight is 156 g/mol. The van der Waals surface area contributed by atoms with Crippen molar-refractivity contribution in [1.82, 2.24) is 4.90 Å². The van der Waals surface area contributed by atoms with Crippen LogP contribution >= 0.6 is 0 Å². The molecule has 1 aliphatic rings. The van der Waals surface area contributed by atoms with Crippen molar-refractivity contribution in [3.8, 4) is 0 Å². The Morgan fingerprint density at radius 2 is 2.18 bits per heavy atom. The topological polar surface area (TPSA) is 46.3 Å². The van der Waals surface area contributed by atoms with E-state index < -0.39 is 0 Å². The van der Waals surface area contributed by atoms with E-state index in [0.29, 0.717) is 0 Å². The van der Waals surface area contributed by atoms with Gasteiger partial charge < -0.3 is 10.6 Å². The zero-order chi connectivity index (χ0) is 8.48. The summed E-state index contributed by atoms with van der Waals surface area (Å²) in [5.74, 6) is 0. The Bertz CT molecular complexity index is 165. The second-order valence-corrected chi connectivity index (χ2v) is 4.03. The van der Waals surface area contributed by atoms with E-state index in [0.717, 1.165) is 19.5 Å². The van der Waals surface area contributed by atoms with Gasteiger partial charge in [0, 0.05) is 13.1 Å². The van der Waals surface area contributed by atoms with Crippen molar-refractivity contribution in [2.75, 3.05) is 13.1 Å². The lowest BCUT2D eigenvalue weighted by Crippen LogP contribution is -2.46. The molecule has 0 spiro atoms. The van der Waals surface area contributed by atoms with Gasteiger partial charge in [-0.15, -0.1) is 0 Å². The van der Waals surface area contributed by atoms with E-state index >= 15 is 0 Å². The molecule has 3 heteroatoms. The maximum atomic E-state index is 10.8. The zero-order valence-electron chi connectivity index (χ0n) is 7.26. The molecule has 0 radical (unpaired) electrons.